The van der Waals surface area contributed by atoms with Crippen molar-refractivity contribution in [3.8, 4) is 0 Å². The average Bonchev–Trinajstić information content (AvgIpc) is 2.71. The molecule has 0 amide bonds. The van der Waals surface area contributed by atoms with Crippen molar-refractivity contribution in [2.24, 2.45) is 0 Å². The topological polar surface area (TPSA) is 62.2 Å². The molecular formula is C11H8ClFN2O2S. The maximum Gasteiger partial charge on any atom is 0.309 e. The van der Waals surface area contributed by atoms with E-state index in [0.717, 1.165) is 0 Å². The first-order valence-corrected chi connectivity index (χ1v) is 6.19. The van der Waals surface area contributed by atoms with Gasteiger partial charge in [0.2, 0.25) is 0 Å². The predicted molar refractivity (Wildman–Crippen MR) is 68.1 cm³/mol. The van der Waals surface area contributed by atoms with Gasteiger partial charge in [-0.1, -0.05) is 17.7 Å². The van der Waals surface area contributed by atoms with Crippen molar-refractivity contribution in [1.29, 1.82) is 0 Å². The average molecular weight is 287 g/mol. The van der Waals surface area contributed by atoms with E-state index in [-0.39, 0.29) is 17.1 Å². The van der Waals surface area contributed by atoms with Gasteiger partial charge in [-0.25, -0.2) is 9.37 Å². The van der Waals surface area contributed by atoms with Crippen LogP contribution in [0.5, 0.6) is 0 Å². The van der Waals surface area contributed by atoms with E-state index < -0.39 is 11.8 Å². The standard InChI is InChI=1S/C11H8ClFN2O2S/c12-7-2-1-3-8(10(7)13)15-11-14-6(5-18-11)4-9(16)17/h1-3,5H,4H2,(H,14,15)(H,16,17). The second-order valence-corrected chi connectivity index (χ2v) is 4.71. The van der Waals surface area contributed by atoms with Crippen molar-refractivity contribution in [2.75, 3.05) is 5.32 Å². The summed E-state index contributed by atoms with van der Waals surface area (Å²) in [6.07, 6.45) is -0.157. The first kappa shape index (κ1) is 12.8. The Kier molecular flexibility index (Phi) is 3.78. The minimum absolute atomic E-state index is 0.0160. The van der Waals surface area contributed by atoms with Gasteiger partial charge in [0, 0.05) is 5.38 Å². The number of halogens is 2. The van der Waals surface area contributed by atoms with E-state index in [4.69, 9.17) is 16.7 Å². The molecule has 2 aromatic rings. The molecule has 0 radical (unpaired) electrons. The summed E-state index contributed by atoms with van der Waals surface area (Å²) in [4.78, 5) is 14.5. The molecule has 1 aromatic heterocycles. The summed E-state index contributed by atoms with van der Waals surface area (Å²) in [5, 5.41) is 13.4. The molecule has 0 bridgehead atoms. The highest BCUT2D eigenvalue weighted by Crippen LogP contribution is 2.26. The summed E-state index contributed by atoms with van der Waals surface area (Å²) < 4.78 is 13.6. The zero-order valence-corrected chi connectivity index (χ0v) is 10.6. The van der Waals surface area contributed by atoms with Gasteiger partial charge in [0.15, 0.2) is 10.9 Å². The monoisotopic (exact) mass is 286 g/mol. The van der Waals surface area contributed by atoms with Gasteiger partial charge in [0.05, 0.1) is 22.8 Å². The van der Waals surface area contributed by atoms with Crippen molar-refractivity contribution in [2.45, 2.75) is 6.42 Å². The quantitative estimate of drug-likeness (QED) is 0.905. The van der Waals surface area contributed by atoms with Crippen molar-refractivity contribution in [1.82, 2.24) is 4.98 Å². The molecule has 4 nitrogen and oxygen atoms in total. The van der Waals surface area contributed by atoms with Crippen LogP contribution in [0.1, 0.15) is 5.69 Å². The molecule has 0 saturated heterocycles. The number of carbonyl (C=O) groups is 1. The Labute approximate surface area is 111 Å². The van der Waals surface area contributed by atoms with Crippen molar-refractivity contribution >= 4 is 39.7 Å². The fourth-order valence-corrected chi connectivity index (χ4v) is 2.21. The fourth-order valence-electron chi connectivity index (χ4n) is 1.32. The van der Waals surface area contributed by atoms with Crippen LogP contribution in [0.25, 0.3) is 0 Å². The molecule has 18 heavy (non-hydrogen) atoms. The normalized spacial score (nSPS) is 10.3. The van der Waals surface area contributed by atoms with Crippen LogP contribution in [0.3, 0.4) is 0 Å². The molecule has 0 atom stereocenters. The molecular weight excluding hydrogens is 279 g/mol. The van der Waals surface area contributed by atoms with Crippen LogP contribution in [0.15, 0.2) is 23.6 Å². The number of benzene rings is 1. The van der Waals surface area contributed by atoms with E-state index >= 15 is 0 Å². The lowest BCUT2D eigenvalue weighted by Crippen LogP contribution is -2.00. The van der Waals surface area contributed by atoms with Gasteiger partial charge in [-0.15, -0.1) is 11.3 Å². The molecule has 0 aliphatic carbocycles. The van der Waals surface area contributed by atoms with E-state index in [0.29, 0.717) is 10.8 Å². The van der Waals surface area contributed by atoms with E-state index in [1.165, 1.54) is 23.5 Å². The van der Waals surface area contributed by atoms with Crippen LogP contribution < -0.4 is 5.32 Å². The number of aliphatic carboxylic acids is 1. The zero-order valence-electron chi connectivity index (χ0n) is 8.98. The van der Waals surface area contributed by atoms with Crippen LogP contribution >= 0.6 is 22.9 Å². The lowest BCUT2D eigenvalue weighted by Gasteiger charge is -2.04. The Hall–Kier alpha value is -1.66. The molecule has 0 aliphatic rings. The first-order chi connectivity index (χ1) is 8.56. The molecule has 2 rings (SSSR count). The van der Waals surface area contributed by atoms with Gasteiger partial charge in [0.25, 0.3) is 0 Å². The van der Waals surface area contributed by atoms with Crippen molar-refractivity contribution in [3.05, 3.63) is 40.1 Å². The lowest BCUT2D eigenvalue weighted by molar-refractivity contribution is -0.136. The molecule has 1 aromatic carbocycles. The van der Waals surface area contributed by atoms with Gasteiger partial charge < -0.3 is 10.4 Å². The Morgan fingerprint density at radius 3 is 3.06 bits per heavy atom. The van der Waals surface area contributed by atoms with E-state index in [9.17, 15) is 9.18 Å². The molecule has 0 aliphatic heterocycles. The number of hydrogen-bond donors (Lipinski definition) is 2. The Morgan fingerprint density at radius 1 is 1.56 bits per heavy atom. The summed E-state index contributed by atoms with van der Waals surface area (Å²) in [5.74, 6) is -1.52. The number of aromatic nitrogens is 1. The minimum atomic E-state index is -0.958. The van der Waals surface area contributed by atoms with Crippen molar-refractivity contribution < 1.29 is 14.3 Å². The summed E-state index contributed by atoms with van der Waals surface area (Å²) in [6.45, 7) is 0. The highest BCUT2D eigenvalue weighted by atomic mass is 35.5. The number of hydrogen-bond acceptors (Lipinski definition) is 4. The molecule has 0 spiro atoms. The predicted octanol–water partition coefficient (Wildman–Crippen LogP) is 3.31. The Bertz CT molecular complexity index is 588. The van der Waals surface area contributed by atoms with E-state index in [1.807, 2.05) is 0 Å². The molecule has 1 heterocycles. The zero-order chi connectivity index (χ0) is 13.1. The lowest BCUT2D eigenvalue weighted by atomic mass is 10.3. The van der Waals surface area contributed by atoms with Gasteiger partial charge in [-0.3, -0.25) is 4.79 Å². The third kappa shape index (κ3) is 2.96. The first-order valence-electron chi connectivity index (χ1n) is 4.93. The number of thiazole rings is 1. The largest absolute Gasteiger partial charge is 0.481 e. The summed E-state index contributed by atoms with van der Waals surface area (Å²) in [6, 6.07) is 4.58. The third-order valence-corrected chi connectivity index (χ3v) is 3.18. The number of nitrogens with zero attached hydrogens (tertiary/aromatic N) is 1. The number of anilines is 2. The van der Waals surface area contributed by atoms with E-state index in [1.54, 1.807) is 11.4 Å². The number of rotatable bonds is 4. The van der Waals surface area contributed by atoms with Gasteiger partial charge in [0.1, 0.15) is 0 Å². The number of nitrogens with one attached hydrogen (secondary N) is 1. The molecule has 0 saturated carbocycles. The Morgan fingerprint density at radius 2 is 2.33 bits per heavy atom. The van der Waals surface area contributed by atoms with Crippen LogP contribution in [0, 0.1) is 5.82 Å². The molecule has 0 unspecified atom stereocenters. The molecule has 7 heteroatoms. The maximum absolute atomic E-state index is 13.6. The molecule has 0 fully saturated rings. The third-order valence-electron chi connectivity index (χ3n) is 2.08. The van der Waals surface area contributed by atoms with Gasteiger partial charge >= 0.3 is 5.97 Å². The fraction of sp³-hybridized carbons (Fsp3) is 0.0909. The smallest absolute Gasteiger partial charge is 0.309 e. The summed E-state index contributed by atoms with van der Waals surface area (Å²) in [5.41, 5.74) is 0.635. The van der Waals surface area contributed by atoms with Crippen molar-refractivity contribution in [3.63, 3.8) is 0 Å². The Balaban J connectivity index is 2.16. The van der Waals surface area contributed by atoms with Crippen LogP contribution in [-0.2, 0) is 11.2 Å². The highest BCUT2D eigenvalue weighted by Gasteiger charge is 2.10. The molecule has 94 valence electrons. The number of carboxylic acid groups (broad SMARTS) is 1. The number of carboxylic acids is 1. The SMILES string of the molecule is O=C(O)Cc1csc(Nc2cccc(Cl)c2F)n1. The van der Waals surface area contributed by atoms with E-state index in [2.05, 4.69) is 10.3 Å². The summed E-state index contributed by atoms with van der Waals surface area (Å²) in [7, 11) is 0. The second-order valence-electron chi connectivity index (χ2n) is 3.44. The highest BCUT2D eigenvalue weighted by molar-refractivity contribution is 7.13. The van der Waals surface area contributed by atoms with Crippen LogP contribution in [-0.4, -0.2) is 16.1 Å². The second kappa shape index (κ2) is 5.32. The van der Waals surface area contributed by atoms with Gasteiger partial charge in [-0.05, 0) is 12.1 Å². The minimum Gasteiger partial charge on any atom is -0.481 e. The van der Waals surface area contributed by atoms with Crippen LogP contribution in [0.4, 0.5) is 15.2 Å². The van der Waals surface area contributed by atoms with Gasteiger partial charge in [-0.2, -0.15) is 0 Å². The maximum atomic E-state index is 13.6. The molecule has 2 N–H and O–H groups in total. The summed E-state index contributed by atoms with van der Waals surface area (Å²) >= 11 is 6.85. The van der Waals surface area contributed by atoms with Crippen LogP contribution in [0.2, 0.25) is 5.02 Å².